The second kappa shape index (κ2) is 2.98. The van der Waals surface area contributed by atoms with Crippen LogP contribution in [0.3, 0.4) is 0 Å². The van der Waals surface area contributed by atoms with E-state index in [9.17, 15) is 4.79 Å². The minimum Gasteiger partial charge on any atom is -0.351 e. The number of piperidine rings is 1. The lowest BCUT2D eigenvalue weighted by atomic mass is 9.86. The van der Waals surface area contributed by atoms with Gasteiger partial charge in [-0.3, -0.25) is 4.79 Å². The lowest BCUT2D eigenvalue weighted by Gasteiger charge is -2.38. The summed E-state index contributed by atoms with van der Waals surface area (Å²) in [5.74, 6) is 0.101. The molecule has 74 valence electrons. The van der Waals surface area contributed by atoms with Gasteiger partial charge in [-0.05, 0) is 32.6 Å². The highest BCUT2D eigenvalue weighted by Gasteiger charge is 2.40. The lowest BCUT2D eigenvalue weighted by Crippen LogP contribution is -2.55. The molecule has 0 aromatic carbocycles. The smallest absolute Gasteiger partial charge is 0.217 e. The van der Waals surface area contributed by atoms with Crippen LogP contribution in [0.25, 0.3) is 0 Å². The van der Waals surface area contributed by atoms with Crippen molar-refractivity contribution in [3.8, 4) is 0 Å². The Bertz CT molecular complexity index is 215. The van der Waals surface area contributed by atoms with Crippen molar-refractivity contribution in [1.82, 2.24) is 10.6 Å². The Balaban J connectivity index is 2.03. The number of rotatable bonds is 1. The van der Waals surface area contributed by atoms with Crippen LogP contribution in [0.15, 0.2) is 0 Å². The maximum atomic E-state index is 11.0. The average molecular weight is 182 g/mol. The Kier molecular flexibility index (Phi) is 2.06. The molecular formula is C10H18N2O. The summed E-state index contributed by atoms with van der Waals surface area (Å²) in [5, 5.41) is 6.65. The molecule has 0 saturated carbocycles. The van der Waals surface area contributed by atoms with Crippen molar-refractivity contribution in [2.45, 2.75) is 57.2 Å². The van der Waals surface area contributed by atoms with Crippen LogP contribution in [0.2, 0.25) is 0 Å². The molecule has 2 rings (SSSR count). The van der Waals surface area contributed by atoms with Crippen LogP contribution in [-0.2, 0) is 4.79 Å². The van der Waals surface area contributed by atoms with Gasteiger partial charge in [0, 0.05) is 24.5 Å². The molecule has 0 aromatic heterocycles. The van der Waals surface area contributed by atoms with Crippen molar-refractivity contribution < 1.29 is 4.79 Å². The maximum absolute atomic E-state index is 11.0. The predicted molar refractivity (Wildman–Crippen MR) is 51.4 cm³/mol. The molecule has 13 heavy (non-hydrogen) atoms. The number of amides is 1. The molecule has 0 radical (unpaired) electrons. The van der Waals surface area contributed by atoms with E-state index in [1.165, 1.54) is 12.8 Å². The molecule has 0 spiro atoms. The van der Waals surface area contributed by atoms with E-state index < -0.39 is 0 Å². The second-order valence-electron chi connectivity index (χ2n) is 4.79. The van der Waals surface area contributed by atoms with Gasteiger partial charge in [0.25, 0.3) is 0 Å². The maximum Gasteiger partial charge on any atom is 0.217 e. The molecule has 2 saturated heterocycles. The summed E-state index contributed by atoms with van der Waals surface area (Å²) in [6.45, 7) is 3.77. The molecule has 2 heterocycles. The monoisotopic (exact) mass is 182 g/mol. The van der Waals surface area contributed by atoms with Crippen LogP contribution < -0.4 is 10.6 Å². The van der Waals surface area contributed by atoms with Gasteiger partial charge >= 0.3 is 0 Å². The van der Waals surface area contributed by atoms with Crippen LogP contribution in [0.1, 0.15) is 39.5 Å². The summed E-state index contributed by atoms with van der Waals surface area (Å²) in [4.78, 5) is 11.0. The van der Waals surface area contributed by atoms with E-state index in [0.717, 1.165) is 12.8 Å². The fraction of sp³-hybridized carbons (Fsp3) is 0.900. The molecule has 0 aromatic rings. The van der Waals surface area contributed by atoms with Crippen LogP contribution >= 0.6 is 0 Å². The zero-order valence-electron chi connectivity index (χ0n) is 8.39. The molecule has 2 N–H and O–H groups in total. The van der Waals surface area contributed by atoms with Gasteiger partial charge in [0.2, 0.25) is 5.91 Å². The molecule has 3 heteroatoms. The van der Waals surface area contributed by atoms with Gasteiger partial charge in [-0.15, -0.1) is 0 Å². The first-order valence-corrected chi connectivity index (χ1v) is 5.12. The average Bonchev–Trinajstić information content (AvgIpc) is 2.27. The van der Waals surface area contributed by atoms with Crippen molar-refractivity contribution in [3.63, 3.8) is 0 Å². The molecule has 2 bridgehead atoms. The SMILES string of the molecule is CC(=O)N[C@]1(C)C[C@H]2CC[C@@H](C1)N2. The first-order chi connectivity index (χ1) is 6.07. The van der Waals surface area contributed by atoms with E-state index in [4.69, 9.17) is 0 Å². The first kappa shape index (κ1) is 9.00. The molecule has 2 aliphatic heterocycles. The minimum absolute atomic E-state index is 0.0446. The van der Waals surface area contributed by atoms with Gasteiger partial charge in [0.1, 0.15) is 0 Å². The number of nitrogens with one attached hydrogen (secondary N) is 2. The zero-order valence-corrected chi connectivity index (χ0v) is 8.39. The third-order valence-electron chi connectivity index (χ3n) is 3.21. The van der Waals surface area contributed by atoms with Gasteiger partial charge in [-0.25, -0.2) is 0 Å². The quantitative estimate of drug-likeness (QED) is 0.629. The Morgan fingerprint density at radius 1 is 1.38 bits per heavy atom. The molecule has 2 aliphatic rings. The van der Waals surface area contributed by atoms with E-state index in [-0.39, 0.29) is 11.4 Å². The standard InChI is InChI=1S/C10H18N2O/c1-7(13)12-10(2)5-8-3-4-9(6-10)11-8/h8-9,11H,3-6H2,1-2H3,(H,12,13)/t8-,9+,10-. The zero-order chi connectivity index (χ0) is 9.47. The van der Waals surface area contributed by atoms with Gasteiger partial charge in [0.05, 0.1) is 0 Å². The minimum atomic E-state index is 0.0446. The Labute approximate surface area is 79.3 Å². The van der Waals surface area contributed by atoms with E-state index >= 15 is 0 Å². The van der Waals surface area contributed by atoms with E-state index in [2.05, 4.69) is 17.6 Å². The van der Waals surface area contributed by atoms with Crippen LogP contribution in [0.5, 0.6) is 0 Å². The second-order valence-corrected chi connectivity index (χ2v) is 4.79. The summed E-state index contributed by atoms with van der Waals surface area (Å²) in [5.41, 5.74) is 0.0446. The fourth-order valence-corrected chi connectivity index (χ4v) is 2.92. The summed E-state index contributed by atoms with van der Waals surface area (Å²) in [7, 11) is 0. The Morgan fingerprint density at radius 3 is 2.38 bits per heavy atom. The number of hydrogen-bond donors (Lipinski definition) is 2. The third kappa shape index (κ3) is 1.85. The largest absolute Gasteiger partial charge is 0.351 e. The van der Waals surface area contributed by atoms with Crippen LogP contribution in [0.4, 0.5) is 0 Å². The summed E-state index contributed by atoms with van der Waals surface area (Å²) in [6, 6.07) is 1.27. The molecule has 1 amide bonds. The van der Waals surface area contributed by atoms with Gasteiger partial charge < -0.3 is 10.6 Å². The molecular weight excluding hydrogens is 164 g/mol. The fourth-order valence-electron chi connectivity index (χ4n) is 2.92. The molecule has 0 aliphatic carbocycles. The molecule has 3 nitrogen and oxygen atoms in total. The third-order valence-corrected chi connectivity index (χ3v) is 3.21. The Morgan fingerprint density at radius 2 is 1.92 bits per heavy atom. The highest BCUT2D eigenvalue weighted by atomic mass is 16.1. The van der Waals surface area contributed by atoms with Crippen molar-refractivity contribution in [3.05, 3.63) is 0 Å². The Hall–Kier alpha value is -0.570. The summed E-state index contributed by atoms with van der Waals surface area (Å²) < 4.78 is 0. The lowest BCUT2D eigenvalue weighted by molar-refractivity contribution is -0.121. The van der Waals surface area contributed by atoms with Gasteiger partial charge in [0.15, 0.2) is 0 Å². The van der Waals surface area contributed by atoms with E-state index in [0.29, 0.717) is 12.1 Å². The predicted octanol–water partition coefficient (Wildman–Crippen LogP) is 0.796. The molecule has 2 fully saturated rings. The molecule has 3 atom stereocenters. The first-order valence-electron chi connectivity index (χ1n) is 5.12. The number of hydrogen-bond acceptors (Lipinski definition) is 2. The van der Waals surface area contributed by atoms with Crippen molar-refractivity contribution in [2.24, 2.45) is 0 Å². The highest BCUT2D eigenvalue weighted by molar-refractivity contribution is 5.73. The van der Waals surface area contributed by atoms with Crippen LogP contribution in [-0.4, -0.2) is 23.5 Å². The number of carbonyl (C=O) groups is 1. The number of carbonyl (C=O) groups excluding carboxylic acids is 1. The summed E-state index contributed by atoms with van der Waals surface area (Å²) in [6.07, 6.45) is 4.73. The van der Waals surface area contributed by atoms with E-state index in [1.807, 2.05) is 0 Å². The van der Waals surface area contributed by atoms with E-state index in [1.54, 1.807) is 6.92 Å². The van der Waals surface area contributed by atoms with Crippen LogP contribution in [0, 0.1) is 0 Å². The normalized spacial score (nSPS) is 43.2. The molecule has 0 unspecified atom stereocenters. The van der Waals surface area contributed by atoms with Gasteiger partial charge in [-0.1, -0.05) is 0 Å². The van der Waals surface area contributed by atoms with Crippen molar-refractivity contribution >= 4 is 5.91 Å². The topological polar surface area (TPSA) is 41.1 Å². The summed E-state index contributed by atoms with van der Waals surface area (Å²) >= 11 is 0. The highest BCUT2D eigenvalue weighted by Crippen LogP contribution is 2.33. The number of fused-ring (bicyclic) bond motifs is 2. The van der Waals surface area contributed by atoms with Crippen molar-refractivity contribution in [1.29, 1.82) is 0 Å². The van der Waals surface area contributed by atoms with Crippen molar-refractivity contribution in [2.75, 3.05) is 0 Å². The van der Waals surface area contributed by atoms with Gasteiger partial charge in [-0.2, -0.15) is 0 Å².